The number of halogens is 2. The van der Waals surface area contributed by atoms with Crippen LogP contribution in [0.1, 0.15) is 53.9 Å². The third-order valence-electron chi connectivity index (χ3n) is 2.93. The highest BCUT2D eigenvalue weighted by Crippen LogP contribution is 2.26. The topological polar surface area (TPSA) is 23.6 Å². The third kappa shape index (κ3) is 10.1. The molecule has 0 aromatic heterocycles. The summed E-state index contributed by atoms with van der Waals surface area (Å²) in [7, 11) is 2.16. The molecular formula is C15H32F2N2O. The molecule has 122 valence electrons. The van der Waals surface area contributed by atoms with Crippen molar-refractivity contribution >= 4 is 5.91 Å². The van der Waals surface area contributed by atoms with Crippen LogP contribution < -0.4 is 0 Å². The smallest absolute Gasteiger partial charge is 0.282 e. The van der Waals surface area contributed by atoms with Crippen molar-refractivity contribution in [3.63, 3.8) is 0 Å². The Morgan fingerprint density at radius 1 is 1.20 bits per heavy atom. The summed E-state index contributed by atoms with van der Waals surface area (Å²) in [6, 6.07) is 0. The molecule has 1 aliphatic heterocycles. The first-order chi connectivity index (χ1) is 9.36. The highest BCUT2D eigenvalue weighted by atomic mass is 19.3. The Morgan fingerprint density at radius 3 is 2.00 bits per heavy atom. The molecule has 0 saturated carbocycles. The minimum atomic E-state index is -2.62. The lowest BCUT2D eigenvalue weighted by Gasteiger charge is -2.38. The van der Waals surface area contributed by atoms with Crippen LogP contribution in [0.2, 0.25) is 0 Å². The van der Waals surface area contributed by atoms with Gasteiger partial charge in [-0.25, -0.2) is 8.78 Å². The zero-order valence-electron chi connectivity index (χ0n) is 14.0. The van der Waals surface area contributed by atoms with Crippen molar-refractivity contribution < 1.29 is 13.6 Å². The number of unbranched alkanes of at least 4 members (excludes halogenated alkanes) is 1. The fourth-order valence-corrected chi connectivity index (χ4v) is 1.50. The Labute approximate surface area is 123 Å². The van der Waals surface area contributed by atoms with Gasteiger partial charge in [-0.15, -0.1) is 0 Å². The van der Waals surface area contributed by atoms with Crippen LogP contribution in [0.3, 0.4) is 0 Å². The minimum absolute atomic E-state index is 0.189. The standard InChI is InChI=1S/C7H17N.C6H9F2NO.C2H6/c1-4-6-7-8(3)5-2;1-2-5(10)9-3-6(7,8)4-9;1-2/h4-7H2,1-3H3;2-4H2,1H3;1-2H3. The Morgan fingerprint density at radius 2 is 1.70 bits per heavy atom. The molecule has 0 atom stereocenters. The summed E-state index contributed by atoms with van der Waals surface area (Å²) in [5.74, 6) is -2.81. The van der Waals surface area contributed by atoms with E-state index in [1.807, 2.05) is 13.8 Å². The monoisotopic (exact) mass is 294 g/mol. The van der Waals surface area contributed by atoms with E-state index in [2.05, 4.69) is 25.8 Å². The summed E-state index contributed by atoms with van der Waals surface area (Å²) >= 11 is 0. The Bertz CT molecular complexity index is 240. The normalized spacial score (nSPS) is 15.6. The molecule has 0 aliphatic carbocycles. The molecule has 0 bridgehead atoms. The number of hydrogen-bond donors (Lipinski definition) is 0. The van der Waals surface area contributed by atoms with Gasteiger partial charge in [0.05, 0.1) is 13.1 Å². The van der Waals surface area contributed by atoms with Crippen LogP contribution in [0.5, 0.6) is 0 Å². The summed E-state index contributed by atoms with van der Waals surface area (Å²) in [6.07, 6.45) is 2.96. The van der Waals surface area contributed by atoms with E-state index in [1.165, 1.54) is 30.8 Å². The lowest BCUT2D eigenvalue weighted by atomic mass is 10.1. The maximum absolute atomic E-state index is 12.1. The van der Waals surface area contributed by atoms with Gasteiger partial charge in [-0.2, -0.15) is 0 Å². The number of rotatable bonds is 5. The zero-order valence-corrected chi connectivity index (χ0v) is 14.0. The summed E-state index contributed by atoms with van der Waals surface area (Å²) in [6.45, 7) is 11.7. The fourth-order valence-electron chi connectivity index (χ4n) is 1.50. The van der Waals surface area contributed by atoms with E-state index < -0.39 is 5.92 Å². The number of amides is 1. The molecule has 1 amide bonds. The summed E-state index contributed by atoms with van der Waals surface area (Å²) < 4.78 is 24.2. The predicted octanol–water partition coefficient (Wildman–Crippen LogP) is 3.64. The van der Waals surface area contributed by atoms with E-state index in [-0.39, 0.29) is 19.0 Å². The van der Waals surface area contributed by atoms with Crippen LogP contribution in [0.25, 0.3) is 0 Å². The number of alkyl halides is 2. The van der Waals surface area contributed by atoms with Gasteiger partial charge in [0, 0.05) is 6.42 Å². The van der Waals surface area contributed by atoms with Gasteiger partial charge in [0.15, 0.2) is 0 Å². The van der Waals surface area contributed by atoms with Crippen molar-refractivity contribution in [2.45, 2.75) is 59.8 Å². The van der Waals surface area contributed by atoms with Gasteiger partial charge in [0.2, 0.25) is 5.91 Å². The first-order valence-corrected chi connectivity index (χ1v) is 7.70. The maximum atomic E-state index is 12.1. The van der Waals surface area contributed by atoms with Crippen molar-refractivity contribution in [1.29, 1.82) is 0 Å². The van der Waals surface area contributed by atoms with Crippen molar-refractivity contribution in [3.8, 4) is 0 Å². The van der Waals surface area contributed by atoms with Crippen molar-refractivity contribution in [2.24, 2.45) is 0 Å². The van der Waals surface area contributed by atoms with Gasteiger partial charge in [-0.1, -0.05) is 41.0 Å². The van der Waals surface area contributed by atoms with E-state index in [0.717, 1.165) is 0 Å². The van der Waals surface area contributed by atoms with Crippen LogP contribution in [0, 0.1) is 0 Å². The predicted molar refractivity (Wildman–Crippen MR) is 81.2 cm³/mol. The maximum Gasteiger partial charge on any atom is 0.282 e. The van der Waals surface area contributed by atoms with Crippen LogP contribution in [0.4, 0.5) is 8.78 Å². The van der Waals surface area contributed by atoms with E-state index in [1.54, 1.807) is 6.92 Å². The molecular weight excluding hydrogens is 262 g/mol. The van der Waals surface area contributed by atoms with Crippen LogP contribution >= 0.6 is 0 Å². The lowest BCUT2D eigenvalue weighted by Crippen LogP contribution is -2.58. The molecule has 0 spiro atoms. The third-order valence-corrected chi connectivity index (χ3v) is 2.93. The number of carbonyl (C=O) groups excluding carboxylic acids is 1. The zero-order chi connectivity index (χ0) is 16.2. The Kier molecular flexibility index (Phi) is 13.0. The van der Waals surface area contributed by atoms with Crippen molar-refractivity contribution in [2.75, 3.05) is 33.2 Å². The average Bonchev–Trinajstić information content (AvgIpc) is 2.43. The molecule has 0 radical (unpaired) electrons. The number of hydrogen-bond acceptors (Lipinski definition) is 2. The Balaban J connectivity index is 0. The molecule has 0 aromatic carbocycles. The number of carbonyl (C=O) groups is 1. The number of likely N-dealkylation sites (tertiary alicyclic amines) is 1. The van der Waals surface area contributed by atoms with Gasteiger partial charge in [0.25, 0.3) is 5.92 Å². The largest absolute Gasteiger partial charge is 0.330 e. The first-order valence-electron chi connectivity index (χ1n) is 7.70. The molecule has 3 nitrogen and oxygen atoms in total. The van der Waals surface area contributed by atoms with Gasteiger partial charge in [-0.3, -0.25) is 4.79 Å². The van der Waals surface area contributed by atoms with Gasteiger partial charge < -0.3 is 9.80 Å². The fraction of sp³-hybridized carbons (Fsp3) is 0.933. The van der Waals surface area contributed by atoms with E-state index in [9.17, 15) is 13.6 Å². The molecule has 1 aliphatic rings. The minimum Gasteiger partial charge on any atom is -0.330 e. The van der Waals surface area contributed by atoms with E-state index >= 15 is 0 Å². The Hall–Kier alpha value is -0.710. The van der Waals surface area contributed by atoms with Crippen LogP contribution in [-0.2, 0) is 4.79 Å². The molecule has 1 rings (SSSR count). The lowest BCUT2D eigenvalue weighted by molar-refractivity contribution is -0.165. The molecule has 1 heterocycles. The summed E-state index contributed by atoms with van der Waals surface area (Å²) in [5.41, 5.74) is 0. The van der Waals surface area contributed by atoms with Gasteiger partial charge in [0.1, 0.15) is 0 Å². The molecule has 1 fully saturated rings. The van der Waals surface area contributed by atoms with Gasteiger partial charge >= 0.3 is 0 Å². The molecule has 0 N–H and O–H groups in total. The van der Waals surface area contributed by atoms with E-state index in [0.29, 0.717) is 6.42 Å². The molecule has 0 unspecified atom stereocenters. The highest BCUT2D eigenvalue weighted by Gasteiger charge is 2.45. The van der Waals surface area contributed by atoms with Crippen LogP contribution in [-0.4, -0.2) is 54.9 Å². The molecule has 20 heavy (non-hydrogen) atoms. The second kappa shape index (κ2) is 12.1. The SMILES string of the molecule is CC.CCC(=O)N1CC(F)(F)C1.CCCCN(C)CC. The molecule has 1 saturated heterocycles. The van der Waals surface area contributed by atoms with Gasteiger partial charge in [-0.05, 0) is 26.6 Å². The highest BCUT2D eigenvalue weighted by molar-refractivity contribution is 5.76. The summed E-state index contributed by atoms with van der Waals surface area (Å²) in [5, 5.41) is 0. The van der Waals surface area contributed by atoms with Crippen LogP contribution in [0.15, 0.2) is 0 Å². The summed E-state index contributed by atoms with van der Waals surface area (Å²) in [4.78, 5) is 14.2. The second-order valence-electron chi connectivity index (χ2n) is 4.71. The average molecular weight is 294 g/mol. The number of nitrogens with zero attached hydrogens (tertiary/aromatic N) is 2. The quantitative estimate of drug-likeness (QED) is 0.773. The van der Waals surface area contributed by atoms with Crippen molar-refractivity contribution in [1.82, 2.24) is 9.80 Å². The van der Waals surface area contributed by atoms with E-state index in [4.69, 9.17) is 0 Å². The first kappa shape index (κ1) is 21.6. The molecule has 5 heteroatoms. The second-order valence-corrected chi connectivity index (χ2v) is 4.71. The van der Waals surface area contributed by atoms with Crippen molar-refractivity contribution in [3.05, 3.63) is 0 Å². The molecule has 0 aromatic rings.